The van der Waals surface area contributed by atoms with Gasteiger partial charge in [0.1, 0.15) is 6.61 Å². The zero-order valence-corrected chi connectivity index (χ0v) is 15.5. The lowest BCUT2D eigenvalue weighted by Gasteiger charge is -2.28. The molecule has 6 nitrogen and oxygen atoms in total. The van der Waals surface area contributed by atoms with E-state index in [0.717, 1.165) is 10.6 Å². The van der Waals surface area contributed by atoms with Gasteiger partial charge in [-0.2, -0.15) is 8.78 Å². The lowest BCUT2D eigenvalue weighted by molar-refractivity contribution is -0.192. The van der Waals surface area contributed by atoms with Gasteiger partial charge in [-0.1, -0.05) is 30.3 Å². The van der Waals surface area contributed by atoms with Crippen LogP contribution in [0.4, 0.5) is 8.78 Å². The van der Waals surface area contributed by atoms with Crippen LogP contribution in [-0.4, -0.2) is 36.4 Å². The molecule has 0 aromatic heterocycles. The Morgan fingerprint density at radius 2 is 1.72 bits per heavy atom. The highest BCUT2D eigenvalue weighted by Gasteiger charge is 2.53. The maximum absolute atomic E-state index is 14.3. The van der Waals surface area contributed by atoms with E-state index in [1.54, 1.807) is 24.3 Å². The van der Waals surface area contributed by atoms with Crippen LogP contribution in [0.1, 0.15) is 32.8 Å². The van der Waals surface area contributed by atoms with Crippen molar-refractivity contribution in [1.82, 2.24) is 5.06 Å². The number of hydrogen-bond acceptors (Lipinski definition) is 5. The first kappa shape index (κ1) is 21.7. The number of carbonyl (C=O) groups is 1. The van der Waals surface area contributed by atoms with E-state index in [9.17, 15) is 18.1 Å². The normalized spacial score (nSPS) is 12.2. The van der Waals surface area contributed by atoms with Crippen LogP contribution in [-0.2, 0) is 29.9 Å². The van der Waals surface area contributed by atoms with E-state index in [-0.39, 0.29) is 19.8 Å². The molecule has 1 amide bonds. The Morgan fingerprint density at radius 3 is 2.20 bits per heavy atom. The average molecular weight is 379 g/mol. The molecule has 1 rings (SSSR count). The summed E-state index contributed by atoms with van der Waals surface area (Å²) in [5, 5.41) is 0.823. The third-order valence-corrected chi connectivity index (χ3v) is 5.42. The summed E-state index contributed by atoms with van der Waals surface area (Å²) >= 11 is 0. The van der Waals surface area contributed by atoms with Crippen LogP contribution >= 0.6 is 7.60 Å². The van der Waals surface area contributed by atoms with Crippen LogP contribution in [0.3, 0.4) is 0 Å². The van der Waals surface area contributed by atoms with Gasteiger partial charge in [0.15, 0.2) is 0 Å². The van der Waals surface area contributed by atoms with Gasteiger partial charge in [-0.3, -0.25) is 14.2 Å². The summed E-state index contributed by atoms with van der Waals surface area (Å²) < 4.78 is 50.3. The third kappa shape index (κ3) is 6.47. The van der Waals surface area contributed by atoms with Gasteiger partial charge in [0.25, 0.3) is 0 Å². The second-order valence-corrected chi connectivity index (χ2v) is 7.29. The summed E-state index contributed by atoms with van der Waals surface area (Å²) in [5.74, 6) is -0.533. The fourth-order valence-corrected chi connectivity index (χ4v) is 3.48. The predicted molar refractivity (Wildman–Crippen MR) is 89.0 cm³/mol. The number of alkyl halides is 2. The zero-order valence-electron chi connectivity index (χ0n) is 14.6. The van der Waals surface area contributed by atoms with E-state index < -0.39 is 32.1 Å². The van der Waals surface area contributed by atoms with E-state index in [0.29, 0.717) is 0 Å². The van der Waals surface area contributed by atoms with E-state index in [4.69, 9.17) is 13.9 Å². The van der Waals surface area contributed by atoms with E-state index in [1.165, 1.54) is 20.8 Å². The third-order valence-electron chi connectivity index (χ3n) is 3.20. The first-order valence-electron chi connectivity index (χ1n) is 7.97. The van der Waals surface area contributed by atoms with Gasteiger partial charge in [0.2, 0.25) is 5.91 Å². The van der Waals surface area contributed by atoms with Crippen LogP contribution in [0, 0.1) is 0 Å². The number of hydroxylamine groups is 2. The van der Waals surface area contributed by atoms with Crippen molar-refractivity contribution >= 4 is 13.5 Å². The molecule has 0 heterocycles. The molecule has 142 valence electrons. The van der Waals surface area contributed by atoms with Gasteiger partial charge in [0.05, 0.1) is 19.8 Å². The van der Waals surface area contributed by atoms with E-state index >= 15 is 0 Å². The van der Waals surface area contributed by atoms with Crippen molar-refractivity contribution in [3.8, 4) is 0 Å². The molecule has 1 aromatic rings. The lowest BCUT2D eigenvalue weighted by atomic mass is 10.2. The van der Waals surface area contributed by atoms with Crippen LogP contribution in [0.15, 0.2) is 30.3 Å². The van der Waals surface area contributed by atoms with Gasteiger partial charge in [-0.25, -0.2) is 5.06 Å². The van der Waals surface area contributed by atoms with Gasteiger partial charge in [0, 0.05) is 13.3 Å². The smallest absolute Gasteiger partial charge is 0.305 e. The number of amides is 1. The quantitative estimate of drug-likeness (QED) is 0.426. The second kappa shape index (κ2) is 9.97. The number of halogens is 2. The molecule has 0 unspecified atom stereocenters. The van der Waals surface area contributed by atoms with Gasteiger partial charge < -0.3 is 9.05 Å². The highest BCUT2D eigenvalue weighted by atomic mass is 31.2. The molecule has 0 spiro atoms. The Labute approximate surface area is 146 Å². The molecule has 0 atom stereocenters. The Balaban J connectivity index is 2.71. The molecule has 25 heavy (non-hydrogen) atoms. The van der Waals surface area contributed by atoms with Crippen molar-refractivity contribution < 1.29 is 32.0 Å². The number of carbonyl (C=O) groups excluding carboxylic acids is 1. The highest BCUT2D eigenvalue weighted by Crippen LogP contribution is 2.63. The average Bonchev–Trinajstić information content (AvgIpc) is 2.55. The van der Waals surface area contributed by atoms with Crippen LogP contribution in [0.5, 0.6) is 0 Å². The molecule has 0 aliphatic rings. The Morgan fingerprint density at radius 1 is 1.16 bits per heavy atom. The molecule has 0 N–H and O–H groups in total. The summed E-state index contributed by atoms with van der Waals surface area (Å²) in [7, 11) is -4.61. The minimum atomic E-state index is -4.61. The largest absolute Gasteiger partial charge is 0.399 e. The Kier molecular flexibility index (Phi) is 8.65. The van der Waals surface area contributed by atoms with E-state index in [2.05, 4.69) is 0 Å². The van der Waals surface area contributed by atoms with Crippen molar-refractivity contribution in [3.05, 3.63) is 35.9 Å². The molecule has 1 aromatic carbocycles. The number of rotatable bonds is 11. The van der Waals surface area contributed by atoms with Crippen LogP contribution in [0.2, 0.25) is 0 Å². The van der Waals surface area contributed by atoms with Gasteiger partial charge in [-0.05, 0) is 19.4 Å². The SMILES string of the molecule is CCOP(=O)(OCC)C(F)(F)CCN(OCc1ccccc1)C(C)=O. The fourth-order valence-electron chi connectivity index (χ4n) is 1.98. The topological polar surface area (TPSA) is 65.1 Å². The molecule has 0 radical (unpaired) electrons. The van der Waals surface area contributed by atoms with Crippen molar-refractivity contribution in [3.63, 3.8) is 0 Å². The summed E-state index contributed by atoms with van der Waals surface area (Å²) in [6.07, 6.45) is -0.904. The van der Waals surface area contributed by atoms with Crippen molar-refractivity contribution in [1.29, 1.82) is 0 Å². The van der Waals surface area contributed by atoms with Crippen molar-refractivity contribution in [2.75, 3.05) is 19.8 Å². The summed E-state index contributed by atoms with van der Waals surface area (Å²) in [5.41, 5.74) is -2.95. The predicted octanol–water partition coefficient (Wildman–Crippen LogP) is 4.22. The van der Waals surface area contributed by atoms with E-state index in [1.807, 2.05) is 6.07 Å². The minimum absolute atomic E-state index is 0.0561. The Bertz CT molecular complexity index is 575. The minimum Gasteiger partial charge on any atom is -0.305 e. The van der Waals surface area contributed by atoms with Crippen LogP contribution in [0.25, 0.3) is 0 Å². The summed E-state index contributed by atoms with van der Waals surface area (Å²) in [6, 6.07) is 8.99. The number of benzene rings is 1. The zero-order chi connectivity index (χ0) is 18.9. The molecule has 0 fully saturated rings. The Hall–Kier alpha value is -1.34. The lowest BCUT2D eigenvalue weighted by Crippen LogP contribution is -2.34. The first-order chi connectivity index (χ1) is 11.8. The van der Waals surface area contributed by atoms with Gasteiger partial charge >= 0.3 is 13.3 Å². The van der Waals surface area contributed by atoms with Crippen molar-refractivity contribution in [2.45, 2.75) is 39.5 Å². The molecule has 0 aliphatic carbocycles. The maximum Gasteiger partial charge on any atom is 0.399 e. The molecule has 0 aliphatic heterocycles. The summed E-state index contributed by atoms with van der Waals surface area (Å²) in [6.45, 7) is 3.37. The highest BCUT2D eigenvalue weighted by molar-refractivity contribution is 7.55. The monoisotopic (exact) mass is 379 g/mol. The molecule has 0 saturated heterocycles. The molecular weight excluding hydrogens is 355 g/mol. The van der Waals surface area contributed by atoms with Crippen molar-refractivity contribution in [2.24, 2.45) is 0 Å². The fraction of sp³-hybridized carbons (Fsp3) is 0.562. The molecule has 0 saturated carbocycles. The summed E-state index contributed by atoms with van der Waals surface area (Å²) in [4.78, 5) is 16.9. The number of nitrogens with zero attached hydrogens (tertiary/aromatic N) is 1. The standard InChI is InChI=1S/C16H24F2NO5P/c1-4-23-25(21,24-5-2)16(17,18)11-12-19(14(3)20)22-13-15-9-7-6-8-10-15/h6-10H,4-5,11-13H2,1-3H3. The first-order valence-corrected chi connectivity index (χ1v) is 9.52. The second-order valence-electron chi connectivity index (χ2n) is 5.13. The van der Waals surface area contributed by atoms with Gasteiger partial charge in [-0.15, -0.1) is 0 Å². The maximum atomic E-state index is 14.3. The van der Waals surface area contributed by atoms with Crippen LogP contribution < -0.4 is 0 Å². The molecule has 0 bridgehead atoms. The number of hydrogen-bond donors (Lipinski definition) is 0. The molecule has 9 heteroatoms. The molecular formula is C16H24F2NO5P.